The largest absolute Gasteiger partial charge is 0.414 e. The molecule has 6 nitrogen and oxygen atoms in total. The van der Waals surface area contributed by atoms with E-state index in [2.05, 4.69) is 16.3 Å². The molecule has 1 N–H and O–H groups in total. The Kier molecular flexibility index (Phi) is 5.90. The fraction of sp³-hybridized carbons (Fsp3) is 0.278. The van der Waals surface area contributed by atoms with Gasteiger partial charge in [-0.15, -0.1) is 21.5 Å². The molecule has 0 fully saturated rings. The fourth-order valence-electron chi connectivity index (χ4n) is 2.58. The van der Waals surface area contributed by atoms with Crippen molar-refractivity contribution in [2.75, 3.05) is 20.3 Å². The molecular weight excluding hydrogens is 336 g/mol. The lowest BCUT2D eigenvalue weighted by Crippen LogP contribution is -3.10. The predicted octanol–water partition coefficient (Wildman–Crippen LogP) is 1.90. The van der Waals surface area contributed by atoms with Gasteiger partial charge in [-0.3, -0.25) is 0 Å². The molecule has 1 atom stereocenters. The summed E-state index contributed by atoms with van der Waals surface area (Å²) in [5, 5.41) is 19.6. The zero-order valence-electron chi connectivity index (χ0n) is 13.9. The number of nitrogens with one attached hydrogen (secondary N) is 1. The molecule has 0 saturated carbocycles. The first-order valence-corrected chi connectivity index (χ1v) is 8.85. The van der Waals surface area contributed by atoms with E-state index in [0.717, 1.165) is 17.0 Å². The summed E-state index contributed by atoms with van der Waals surface area (Å²) in [5.74, 6) is 1.14. The zero-order valence-corrected chi connectivity index (χ0v) is 14.8. The Morgan fingerprint density at radius 1 is 1.20 bits per heavy atom. The average molecular weight is 355 g/mol. The van der Waals surface area contributed by atoms with Gasteiger partial charge in [0.25, 0.3) is 11.8 Å². The second kappa shape index (κ2) is 8.53. The molecule has 0 aliphatic rings. The summed E-state index contributed by atoms with van der Waals surface area (Å²) in [7, 11) is 1.68. The molecule has 0 bridgehead atoms. The minimum atomic E-state index is 0.550. The lowest BCUT2D eigenvalue weighted by atomic mass is 10.1. The van der Waals surface area contributed by atoms with Crippen LogP contribution in [0, 0.1) is 11.3 Å². The number of hydrogen-bond donors (Lipinski definition) is 1. The van der Waals surface area contributed by atoms with Crippen LogP contribution in [0.5, 0.6) is 0 Å². The first-order chi connectivity index (χ1) is 12.3. The fourth-order valence-corrected chi connectivity index (χ4v) is 3.22. The molecular formula is C18H19N4O2S+. The molecule has 0 saturated heterocycles. The number of rotatable bonds is 8. The SMILES string of the molecule is COCC[NH+](Cc1nnc(-c2cccs2)o1)Cc1ccccc1C#N. The molecule has 7 heteroatoms. The van der Waals surface area contributed by atoms with Crippen LogP contribution in [0.2, 0.25) is 0 Å². The maximum atomic E-state index is 9.28. The summed E-state index contributed by atoms with van der Waals surface area (Å²) in [5.41, 5.74) is 1.70. The first-order valence-electron chi connectivity index (χ1n) is 7.97. The van der Waals surface area contributed by atoms with E-state index >= 15 is 0 Å². The highest BCUT2D eigenvalue weighted by Crippen LogP contribution is 2.22. The smallest absolute Gasteiger partial charge is 0.271 e. The molecule has 2 aromatic heterocycles. The predicted molar refractivity (Wildman–Crippen MR) is 93.9 cm³/mol. The minimum Gasteiger partial charge on any atom is -0.414 e. The van der Waals surface area contributed by atoms with Gasteiger partial charge in [0.2, 0.25) is 0 Å². The molecule has 0 aliphatic carbocycles. The molecule has 3 rings (SSSR count). The third-order valence-corrected chi connectivity index (χ3v) is 4.70. The summed E-state index contributed by atoms with van der Waals surface area (Å²) >= 11 is 1.57. The molecule has 25 heavy (non-hydrogen) atoms. The molecule has 0 spiro atoms. The third kappa shape index (κ3) is 4.51. The van der Waals surface area contributed by atoms with Gasteiger partial charge in [0.05, 0.1) is 23.1 Å². The van der Waals surface area contributed by atoms with Gasteiger partial charge in [-0.2, -0.15) is 5.26 Å². The van der Waals surface area contributed by atoms with Crippen molar-refractivity contribution in [1.29, 1.82) is 5.26 Å². The number of aromatic nitrogens is 2. The van der Waals surface area contributed by atoms with E-state index in [1.54, 1.807) is 18.4 Å². The summed E-state index contributed by atoms with van der Waals surface area (Å²) in [6.45, 7) is 2.69. The van der Waals surface area contributed by atoms with Gasteiger partial charge in [-0.25, -0.2) is 0 Å². The van der Waals surface area contributed by atoms with Crippen LogP contribution < -0.4 is 4.90 Å². The van der Waals surface area contributed by atoms with Crippen LogP contribution in [-0.4, -0.2) is 30.5 Å². The number of methoxy groups -OCH3 is 1. The van der Waals surface area contributed by atoms with Crippen molar-refractivity contribution in [3.8, 4) is 16.8 Å². The second-order valence-corrected chi connectivity index (χ2v) is 6.54. The normalized spacial score (nSPS) is 12.0. The lowest BCUT2D eigenvalue weighted by molar-refractivity contribution is -0.929. The number of nitriles is 1. The molecule has 3 aromatic rings. The number of nitrogens with zero attached hydrogens (tertiary/aromatic N) is 3. The second-order valence-electron chi connectivity index (χ2n) is 5.59. The maximum absolute atomic E-state index is 9.28. The van der Waals surface area contributed by atoms with Crippen molar-refractivity contribution < 1.29 is 14.1 Å². The lowest BCUT2D eigenvalue weighted by Gasteiger charge is -2.18. The maximum Gasteiger partial charge on any atom is 0.271 e. The minimum absolute atomic E-state index is 0.550. The van der Waals surface area contributed by atoms with Gasteiger partial charge in [-0.05, 0) is 17.5 Å². The van der Waals surface area contributed by atoms with Crippen LogP contribution in [0.1, 0.15) is 17.0 Å². The number of quaternary nitrogens is 1. The average Bonchev–Trinajstić information content (AvgIpc) is 3.31. The van der Waals surface area contributed by atoms with E-state index in [9.17, 15) is 5.26 Å². The summed E-state index contributed by atoms with van der Waals surface area (Å²) in [4.78, 5) is 2.16. The topological polar surface area (TPSA) is 76.4 Å². The van der Waals surface area contributed by atoms with E-state index in [-0.39, 0.29) is 0 Å². The van der Waals surface area contributed by atoms with Crippen LogP contribution in [-0.2, 0) is 17.8 Å². The highest BCUT2D eigenvalue weighted by Gasteiger charge is 2.18. The quantitative estimate of drug-likeness (QED) is 0.668. The van der Waals surface area contributed by atoms with Crippen LogP contribution in [0.15, 0.2) is 46.2 Å². The van der Waals surface area contributed by atoms with E-state index in [0.29, 0.717) is 37.0 Å². The van der Waals surface area contributed by atoms with E-state index in [4.69, 9.17) is 9.15 Å². The van der Waals surface area contributed by atoms with Gasteiger partial charge in [0.15, 0.2) is 6.54 Å². The first kappa shape index (κ1) is 17.3. The summed E-state index contributed by atoms with van der Waals surface area (Å²) < 4.78 is 11.0. The highest BCUT2D eigenvalue weighted by molar-refractivity contribution is 7.13. The van der Waals surface area contributed by atoms with Gasteiger partial charge in [0, 0.05) is 12.7 Å². The molecule has 0 aliphatic heterocycles. The van der Waals surface area contributed by atoms with Crippen LogP contribution in [0.3, 0.4) is 0 Å². The molecule has 2 heterocycles. The van der Waals surface area contributed by atoms with Crippen LogP contribution in [0.4, 0.5) is 0 Å². The van der Waals surface area contributed by atoms with Crippen LogP contribution in [0.25, 0.3) is 10.8 Å². The van der Waals surface area contributed by atoms with E-state index in [1.807, 2.05) is 41.8 Å². The van der Waals surface area contributed by atoms with E-state index < -0.39 is 0 Å². The number of hydrogen-bond acceptors (Lipinski definition) is 6. The Balaban J connectivity index is 1.74. The Labute approximate surface area is 150 Å². The summed E-state index contributed by atoms with van der Waals surface area (Å²) in [6.07, 6.45) is 0. The third-order valence-electron chi connectivity index (χ3n) is 3.84. The number of thiophene rings is 1. The van der Waals surface area contributed by atoms with Gasteiger partial charge in [0.1, 0.15) is 13.1 Å². The Morgan fingerprint density at radius 2 is 2.08 bits per heavy atom. The van der Waals surface area contributed by atoms with Crippen molar-refractivity contribution in [2.24, 2.45) is 0 Å². The van der Waals surface area contributed by atoms with Gasteiger partial charge < -0.3 is 14.1 Å². The standard InChI is InChI=1S/C18H18N4O2S/c1-23-9-8-22(12-15-6-3-2-5-14(15)11-19)13-17-20-21-18(24-17)16-7-4-10-25-16/h2-7,10H,8-9,12-13H2,1H3/p+1. The molecule has 0 radical (unpaired) electrons. The van der Waals surface area contributed by atoms with Crippen LogP contribution >= 0.6 is 11.3 Å². The molecule has 128 valence electrons. The number of benzene rings is 1. The van der Waals surface area contributed by atoms with E-state index in [1.165, 1.54) is 4.90 Å². The molecule has 1 unspecified atom stereocenters. The highest BCUT2D eigenvalue weighted by atomic mass is 32.1. The Morgan fingerprint density at radius 3 is 2.84 bits per heavy atom. The Hall–Kier alpha value is -2.53. The van der Waals surface area contributed by atoms with Crippen molar-refractivity contribution in [1.82, 2.24) is 10.2 Å². The molecule has 0 amide bonds. The monoisotopic (exact) mass is 355 g/mol. The zero-order chi connectivity index (χ0) is 17.5. The van der Waals surface area contributed by atoms with Crippen molar-refractivity contribution in [3.63, 3.8) is 0 Å². The van der Waals surface area contributed by atoms with Crippen molar-refractivity contribution in [2.45, 2.75) is 13.1 Å². The van der Waals surface area contributed by atoms with Crippen molar-refractivity contribution >= 4 is 11.3 Å². The Bertz CT molecular complexity index is 839. The molecule has 1 aromatic carbocycles. The van der Waals surface area contributed by atoms with Gasteiger partial charge >= 0.3 is 0 Å². The van der Waals surface area contributed by atoms with Crippen molar-refractivity contribution in [3.05, 3.63) is 58.8 Å². The number of ether oxygens (including phenoxy) is 1. The summed E-state index contributed by atoms with van der Waals surface area (Å²) in [6, 6.07) is 13.8. The van der Waals surface area contributed by atoms with Gasteiger partial charge in [-0.1, -0.05) is 24.3 Å².